The van der Waals surface area contributed by atoms with Crippen LogP contribution in [0, 0.1) is 6.92 Å². The number of hydrogen-bond acceptors (Lipinski definition) is 5. The van der Waals surface area contributed by atoms with E-state index in [-0.39, 0.29) is 6.42 Å². The van der Waals surface area contributed by atoms with Gasteiger partial charge >= 0.3 is 12.1 Å². The van der Waals surface area contributed by atoms with Crippen LogP contribution in [0.5, 0.6) is 0 Å². The fourth-order valence-electron chi connectivity index (χ4n) is 1.36. The second kappa shape index (κ2) is 6.01. The highest BCUT2D eigenvalue weighted by Gasteiger charge is 2.24. The maximum Gasteiger partial charge on any atom is 0.408 e. The first-order valence-electron chi connectivity index (χ1n) is 5.80. The summed E-state index contributed by atoms with van der Waals surface area (Å²) in [6.45, 7) is 7.04. The van der Waals surface area contributed by atoms with Gasteiger partial charge < -0.3 is 15.2 Å². The summed E-state index contributed by atoms with van der Waals surface area (Å²) >= 11 is 1.31. The Morgan fingerprint density at radius 3 is 2.58 bits per heavy atom. The summed E-state index contributed by atoms with van der Waals surface area (Å²) in [7, 11) is 0. The maximum absolute atomic E-state index is 11.7. The number of nitrogens with one attached hydrogen (secondary N) is 1. The van der Waals surface area contributed by atoms with Crippen LogP contribution in [-0.4, -0.2) is 27.8 Å². The molecule has 0 fully saturated rings. The fourth-order valence-corrected chi connectivity index (χ4v) is 2.20. The molecule has 0 aliphatic carbocycles. The number of hydrogen-bond donors (Lipinski definition) is 2. The van der Waals surface area contributed by atoms with Crippen LogP contribution in [0.15, 0.2) is 5.38 Å². The average molecular weight is 286 g/mol. The van der Waals surface area contributed by atoms with Gasteiger partial charge in [0, 0.05) is 11.1 Å². The van der Waals surface area contributed by atoms with Crippen molar-refractivity contribution in [1.82, 2.24) is 10.3 Å². The van der Waals surface area contributed by atoms with Crippen molar-refractivity contribution < 1.29 is 19.4 Å². The zero-order valence-corrected chi connectivity index (χ0v) is 12.2. The molecule has 7 heteroatoms. The van der Waals surface area contributed by atoms with Crippen molar-refractivity contribution in [2.75, 3.05) is 0 Å². The Bertz CT molecular complexity index is 465. The average Bonchev–Trinajstić information content (AvgIpc) is 2.60. The lowest BCUT2D eigenvalue weighted by Crippen LogP contribution is -2.35. The van der Waals surface area contributed by atoms with Gasteiger partial charge in [-0.15, -0.1) is 11.3 Å². The van der Waals surface area contributed by atoms with Gasteiger partial charge in [-0.25, -0.2) is 9.78 Å². The number of alkyl carbamates (subject to hydrolysis) is 1. The van der Waals surface area contributed by atoms with Crippen LogP contribution in [0.4, 0.5) is 4.79 Å². The van der Waals surface area contributed by atoms with Gasteiger partial charge in [0.2, 0.25) is 0 Å². The number of thiazole rings is 1. The number of aromatic nitrogens is 1. The second-order valence-corrected chi connectivity index (χ2v) is 6.01. The lowest BCUT2D eigenvalue weighted by Gasteiger charge is -2.22. The molecule has 0 aliphatic rings. The van der Waals surface area contributed by atoms with E-state index in [4.69, 9.17) is 9.84 Å². The maximum atomic E-state index is 11.7. The molecule has 6 nitrogen and oxygen atoms in total. The number of rotatable bonds is 4. The monoisotopic (exact) mass is 286 g/mol. The number of ether oxygens (including phenoxy) is 1. The Balaban J connectivity index is 2.76. The third kappa shape index (κ3) is 5.69. The van der Waals surface area contributed by atoms with Gasteiger partial charge in [0.25, 0.3) is 0 Å². The topological polar surface area (TPSA) is 88.5 Å². The number of carbonyl (C=O) groups is 2. The predicted molar refractivity (Wildman–Crippen MR) is 71.2 cm³/mol. The van der Waals surface area contributed by atoms with E-state index < -0.39 is 23.7 Å². The number of aryl methyl sites for hydroxylation is 1. The van der Waals surface area contributed by atoms with Gasteiger partial charge in [-0.1, -0.05) is 0 Å². The number of carboxylic acid groups (broad SMARTS) is 1. The van der Waals surface area contributed by atoms with E-state index in [9.17, 15) is 9.59 Å². The van der Waals surface area contributed by atoms with E-state index in [1.807, 2.05) is 6.92 Å². The van der Waals surface area contributed by atoms with E-state index in [0.717, 1.165) is 5.69 Å². The van der Waals surface area contributed by atoms with Crippen molar-refractivity contribution in [3.63, 3.8) is 0 Å². The fraction of sp³-hybridized carbons (Fsp3) is 0.583. The van der Waals surface area contributed by atoms with Gasteiger partial charge in [-0.05, 0) is 27.7 Å². The zero-order valence-electron chi connectivity index (χ0n) is 11.4. The summed E-state index contributed by atoms with van der Waals surface area (Å²) in [5.41, 5.74) is 0.165. The number of amides is 1. The van der Waals surface area contributed by atoms with Crippen LogP contribution in [0.3, 0.4) is 0 Å². The SMILES string of the molecule is Cc1csc([C@@H](CC(=O)O)NC(=O)OC(C)(C)C)n1. The normalized spacial score (nSPS) is 12.8. The van der Waals surface area contributed by atoms with Crippen LogP contribution in [0.25, 0.3) is 0 Å². The molecule has 0 aliphatic heterocycles. The first-order valence-corrected chi connectivity index (χ1v) is 6.68. The van der Waals surface area contributed by atoms with Gasteiger partial charge in [0.15, 0.2) is 0 Å². The molecule has 0 spiro atoms. The summed E-state index contributed by atoms with van der Waals surface area (Å²) in [5.74, 6) is -1.01. The molecule has 2 N–H and O–H groups in total. The van der Waals surface area contributed by atoms with E-state index in [1.165, 1.54) is 11.3 Å². The van der Waals surface area contributed by atoms with Crippen molar-refractivity contribution in [3.05, 3.63) is 16.1 Å². The van der Waals surface area contributed by atoms with Crippen LogP contribution in [0.1, 0.15) is 43.9 Å². The minimum absolute atomic E-state index is 0.230. The molecule has 0 bridgehead atoms. The van der Waals surface area contributed by atoms with Crippen LogP contribution in [0.2, 0.25) is 0 Å². The molecule has 0 unspecified atom stereocenters. The number of carboxylic acids is 1. The molecule has 106 valence electrons. The van der Waals surface area contributed by atoms with Crippen LogP contribution < -0.4 is 5.32 Å². The quantitative estimate of drug-likeness (QED) is 0.887. The van der Waals surface area contributed by atoms with Gasteiger partial charge in [-0.2, -0.15) is 0 Å². The van der Waals surface area contributed by atoms with Crippen molar-refractivity contribution in [2.24, 2.45) is 0 Å². The molecule has 0 radical (unpaired) electrons. The highest BCUT2D eigenvalue weighted by Crippen LogP contribution is 2.21. The molecule has 1 amide bonds. The molecule has 19 heavy (non-hydrogen) atoms. The van der Waals surface area contributed by atoms with Crippen molar-refractivity contribution in [1.29, 1.82) is 0 Å². The Hall–Kier alpha value is -1.63. The van der Waals surface area contributed by atoms with E-state index >= 15 is 0 Å². The molecule has 0 saturated heterocycles. The second-order valence-electron chi connectivity index (χ2n) is 5.12. The highest BCUT2D eigenvalue weighted by molar-refractivity contribution is 7.09. The molecule has 0 saturated carbocycles. The first kappa shape index (κ1) is 15.4. The minimum Gasteiger partial charge on any atom is -0.481 e. The van der Waals surface area contributed by atoms with Crippen molar-refractivity contribution in [2.45, 2.75) is 45.8 Å². The summed E-state index contributed by atoms with van der Waals surface area (Å²) in [6, 6.07) is -0.675. The summed E-state index contributed by atoms with van der Waals surface area (Å²) in [4.78, 5) is 26.7. The summed E-state index contributed by atoms with van der Waals surface area (Å²) in [6.07, 6.45) is -0.877. The Kier molecular flexibility index (Phi) is 4.88. The number of aliphatic carboxylic acids is 1. The molecule has 1 rings (SSSR count). The van der Waals surface area contributed by atoms with Crippen LogP contribution in [-0.2, 0) is 9.53 Å². The summed E-state index contributed by atoms with van der Waals surface area (Å²) < 4.78 is 5.11. The molecule has 1 aromatic heterocycles. The zero-order chi connectivity index (χ0) is 14.6. The van der Waals surface area contributed by atoms with Crippen molar-refractivity contribution >= 4 is 23.4 Å². The molecular weight excluding hydrogens is 268 g/mol. The molecule has 0 aromatic carbocycles. The Morgan fingerprint density at radius 1 is 1.53 bits per heavy atom. The third-order valence-electron chi connectivity index (χ3n) is 2.00. The lowest BCUT2D eigenvalue weighted by atomic mass is 10.2. The van der Waals surface area contributed by atoms with Gasteiger partial charge in [0.05, 0.1) is 12.5 Å². The lowest BCUT2D eigenvalue weighted by molar-refractivity contribution is -0.137. The molecule has 1 heterocycles. The molecular formula is C12H18N2O4S. The Morgan fingerprint density at radius 2 is 2.16 bits per heavy atom. The van der Waals surface area contributed by atoms with Gasteiger partial charge in [-0.3, -0.25) is 4.79 Å². The minimum atomic E-state index is -1.01. The largest absolute Gasteiger partial charge is 0.481 e. The number of nitrogens with zero attached hydrogens (tertiary/aromatic N) is 1. The van der Waals surface area contributed by atoms with E-state index in [1.54, 1.807) is 26.2 Å². The first-order chi connectivity index (χ1) is 8.67. The smallest absolute Gasteiger partial charge is 0.408 e. The van der Waals surface area contributed by atoms with E-state index in [2.05, 4.69) is 10.3 Å². The van der Waals surface area contributed by atoms with Crippen LogP contribution >= 0.6 is 11.3 Å². The molecule has 1 atom stereocenters. The van der Waals surface area contributed by atoms with E-state index in [0.29, 0.717) is 5.01 Å². The number of carbonyl (C=O) groups excluding carboxylic acids is 1. The predicted octanol–water partition coefficient (Wildman–Crippen LogP) is 2.49. The third-order valence-corrected chi connectivity index (χ3v) is 3.08. The Labute approximate surface area is 115 Å². The molecule has 1 aromatic rings. The standard InChI is InChI=1S/C12H18N2O4S/c1-7-6-19-10(13-7)8(5-9(15)16)14-11(17)18-12(2,3)4/h6,8H,5H2,1-4H3,(H,14,17)(H,15,16)/t8-/m1/s1. The van der Waals surface area contributed by atoms with Crippen molar-refractivity contribution in [3.8, 4) is 0 Å². The summed E-state index contributed by atoms with van der Waals surface area (Å²) in [5, 5.41) is 13.8. The van der Waals surface area contributed by atoms with Gasteiger partial charge in [0.1, 0.15) is 10.6 Å². The highest BCUT2D eigenvalue weighted by atomic mass is 32.1.